The lowest BCUT2D eigenvalue weighted by Crippen LogP contribution is -2.81. The van der Waals surface area contributed by atoms with Crippen LogP contribution in [0.4, 0.5) is 51.2 Å². The highest BCUT2D eigenvalue weighted by molar-refractivity contribution is 6.96. The van der Waals surface area contributed by atoms with Crippen LogP contribution in [0, 0.1) is 17.8 Å². The summed E-state index contributed by atoms with van der Waals surface area (Å²) in [4.78, 5) is 22.1. The van der Waals surface area contributed by atoms with Crippen molar-refractivity contribution in [3.8, 4) is 0 Å². The molecule has 2 unspecified atom stereocenters. The maximum absolute atomic E-state index is 7.88. The average Bonchev–Trinajstić information content (AvgIpc) is 0.712. The molecule has 0 aliphatic carbocycles. The standard InChI is InChI=1S/C112H146N9O7Si4/c1-19-113(20-2)92-62-50-86(51-63-92)110(87-52-64-93(65-53-87)114(21-3)22-4)104-74-77-107(101-47-38-35-44-98(101)104)119(31-13)80-41-83-130(122-17)124-129(34-16)125-131(123-18,84-42-81-120(32-14)108-78-75-105(99-45-36-39-48-102(99)108)111(88-54-66-94(67-55-88)115(23-5)24-6)89-56-68-95(69-57-89)116(25-7)26-8)128-132(126-129,127-130)85-43-82-121(33-15)109-79-76-106(100-46-37-40-49-103(100)109)112(90-58-70-96(71-59-90)117(27-9)28-10)91-60-72-97(73-61-91)118(29-11)30-12/h35-40,44-79H,19-34,41-43,80-85H2,1-18H3/q+3. The second kappa shape index (κ2) is 45.2. The fraction of sp³-hybridized carbons (Fsp3) is 0.384. The van der Waals surface area contributed by atoms with Crippen LogP contribution in [-0.2, 0) is 29.4 Å². The van der Waals surface area contributed by atoms with Gasteiger partial charge in [0.05, 0.1) is 84.9 Å². The van der Waals surface area contributed by atoms with E-state index in [1.165, 1.54) is 151 Å². The molecule has 0 spiro atoms. The van der Waals surface area contributed by atoms with Gasteiger partial charge < -0.3 is 73.5 Å². The third-order valence-corrected chi connectivity index (χ3v) is 45.2. The van der Waals surface area contributed by atoms with Crippen LogP contribution in [0.25, 0.3) is 32.3 Å². The van der Waals surface area contributed by atoms with Crippen LogP contribution in [-0.4, -0.2) is 167 Å². The highest BCUT2D eigenvalue weighted by atomic mass is 28.6. The molecule has 2 heterocycles. The summed E-state index contributed by atoms with van der Waals surface area (Å²) < 4.78 is 52.6. The molecule has 0 N–H and O–H groups in total. The number of benzene rings is 12. The summed E-state index contributed by atoms with van der Waals surface area (Å²) in [5.41, 5.74) is 21.6. The van der Waals surface area contributed by atoms with Gasteiger partial charge in [0.2, 0.25) is 0 Å². The van der Waals surface area contributed by atoms with Crippen molar-refractivity contribution in [3.05, 3.63) is 323 Å². The van der Waals surface area contributed by atoms with Crippen molar-refractivity contribution in [1.82, 2.24) is 0 Å². The Morgan fingerprint density at radius 2 is 0.424 bits per heavy atom. The molecule has 14 rings (SSSR count). The van der Waals surface area contributed by atoms with Gasteiger partial charge in [-0.15, -0.1) is 0 Å². The highest BCUT2D eigenvalue weighted by Gasteiger charge is 2.74. The lowest BCUT2D eigenvalue weighted by atomic mass is 9.82. The minimum Gasteiger partial charge on any atom is -0.378 e. The molecule has 2 atom stereocenters. The molecule has 0 saturated carbocycles. The number of anilines is 9. The molecule has 12 aromatic carbocycles. The molecule has 2 bridgehead atoms. The molecule has 20 heteroatoms. The Bertz CT molecular complexity index is 5240. The molecule has 16 nitrogen and oxygen atoms in total. The molecule has 2 fully saturated rings. The number of nitrogens with zero attached hydrogens (tertiary/aromatic N) is 9. The summed E-state index contributed by atoms with van der Waals surface area (Å²) >= 11 is 0. The first kappa shape index (κ1) is 97.8. The summed E-state index contributed by atoms with van der Waals surface area (Å²) in [6, 6.07) is 98.5. The minimum absolute atomic E-state index is 0.500. The van der Waals surface area contributed by atoms with Crippen LogP contribution in [0.1, 0.15) is 180 Å². The van der Waals surface area contributed by atoms with Crippen LogP contribution in [0.3, 0.4) is 0 Å². The molecule has 2 aliphatic rings. The summed E-state index contributed by atoms with van der Waals surface area (Å²) in [5.74, 6) is 3.62. The first-order valence-corrected chi connectivity index (χ1v) is 57.3. The fourth-order valence-electron chi connectivity index (χ4n) is 20.4. The molecule has 694 valence electrons. The fourth-order valence-corrected chi connectivity index (χ4v) is 42.3. The van der Waals surface area contributed by atoms with Gasteiger partial charge in [0.1, 0.15) is 0 Å². The third kappa shape index (κ3) is 21.0. The zero-order valence-electron chi connectivity index (χ0n) is 82.3. The second-order valence-corrected chi connectivity index (χ2v) is 47.1. The first-order valence-electron chi connectivity index (χ1n) is 49.6. The maximum Gasteiger partial charge on any atom is 0.486 e. The van der Waals surface area contributed by atoms with Gasteiger partial charge in [0, 0.05) is 223 Å². The Morgan fingerprint density at radius 3 is 0.629 bits per heavy atom. The van der Waals surface area contributed by atoms with Crippen molar-refractivity contribution < 1.29 is 29.4 Å². The topological polar surface area (TPSA) is 93.8 Å². The summed E-state index contributed by atoms with van der Waals surface area (Å²) in [6.07, 6.45) is 2.14. The van der Waals surface area contributed by atoms with E-state index in [1.54, 1.807) is 14.2 Å². The molecule has 2 aliphatic heterocycles. The van der Waals surface area contributed by atoms with Gasteiger partial charge >= 0.3 is 35.2 Å². The number of hydrogen-bond donors (Lipinski definition) is 0. The van der Waals surface area contributed by atoms with Gasteiger partial charge in [-0.1, -0.05) is 43.3 Å². The Hall–Kier alpha value is -10.2. The normalized spacial score (nSPS) is 17.0. The van der Waals surface area contributed by atoms with Crippen LogP contribution in [0.2, 0.25) is 24.2 Å². The van der Waals surface area contributed by atoms with Crippen molar-refractivity contribution in [1.29, 1.82) is 0 Å². The van der Waals surface area contributed by atoms with E-state index in [9.17, 15) is 0 Å². The van der Waals surface area contributed by atoms with Crippen molar-refractivity contribution in [2.45, 2.75) is 154 Å². The van der Waals surface area contributed by atoms with E-state index in [0.717, 1.165) is 124 Å². The molecule has 0 radical (unpaired) electrons. The van der Waals surface area contributed by atoms with Gasteiger partial charge in [-0.25, -0.2) is 0 Å². The molecule has 0 amide bonds. The Labute approximate surface area is 795 Å². The largest absolute Gasteiger partial charge is 0.486 e. The highest BCUT2D eigenvalue weighted by Crippen LogP contribution is 2.50. The van der Waals surface area contributed by atoms with E-state index < -0.39 is 35.2 Å². The van der Waals surface area contributed by atoms with Crippen molar-refractivity contribution in [3.63, 3.8) is 0 Å². The van der Waals surface area contributed by atoms with Gasteiger partial charge in [-0.3, -0.25) is 0 Å². The summed E-state index contributed by atoms with van der Waals surface area (Å²) in [7, 11) is -11.4. The van der Waals surface area contributed by atoms with Gasteiger partial charge in [-0.2, -0.15) is 0 Å². The van der Waals surface area contributed by atoms with Crippen LogP contribution < -0.4 is 44.1 Å². The monoisotopic (exact) mass is 1840 g/mol. The van der Waals surface area contributed by atoms with E-state index in [1.807, 2.05) is 0 Å². The second-order valence-electron chi connectivity index (χ2n) is 34.5. The van der Waals surface area contributed by atoms with E-state index in [0.29, 0.717) is 37.1 Å². The van der Waals surface area contributed by atoms with Crippen LogP contribution >= 0.6 is 0 Å². The zero-order valence-corrected chi connectivity index (χ0v) is 86.3. The van der Waals surface area contributed by atoms with Crippen molar-refractivity contribution in [2.24, 2.45) is 0 Å². The predicted octanol–water partition coefficient (Wildman–Crippen LogP) is 25.5. The maximum atomic E-state index is 7.88. The zero-order chi connectivity index (χ0) is 93.1. The first-order chi connectivity index (χ1) is 64.4. The van der Waals surface area contributed by atoms with E-state index in [2.05, 4.69) is 410 Å². The summed E-state index contributed by atoms with van der Waals surface area (Å²) in [6.45, 7) is 51.6. The number of fused-ring (bicyclic) bond motifs is 5. The molecule has 0 aromatic heterocycles. The molecular formula is C112H146N9O7Si4+3. The van der Waals surface area contributed by atoms with Gasteiger partial charge in [0.15, 0.2) is 0 Å². The lowest BCUT2D eigenvalue weighted by Gasteiger charge is -2.56. The molecular weight excluding hydrogens is 1700 g/mol. The Balaban J connectivity index is 0.782. The smallest absolute Gasteiger partial charge is 0.378 e. The minimum atomic E-state index is -3.87. The average molecular weight is 1840 g/mol. The van der Waals surface area contributed by atoms with Gasteiger partial charge in [0.25, 0.3) is 0 Å². The third-order valence-electron chi connectivity index (χ3n) is 27.7. The number of hydrogen-bond acceptors (Lipinski definition) is 16. The van der Waals surface area contributed by atoms with Crippen LogP contribution in [0.5, 0.6) is 0 Å². The molecule has 12 aromatic rings. The predicted molar refractivity (Wildman–Crippen MR) is 568 cm³/mol. The van der Waals surface area contributed by atoms with Gasteiger partial charge in [-0.05, 0) is 342 Å². The number of rotatable bonds is 48. The summed E-state index contributed by atoms with van der Waals surface area (Å²) in [5, 5.41) is 7.20. The lowest BCUT2D eigenvalue weighted by molar-refractivity contribution is 0.00194. The molecule has 2 saturated heterocycles. The Morgan fingerprint density at radius 1 is 0.220 bits per heavy atom. The quantitative estimate of drug-likeness (QED) is 0.0206. The Kier molecular flexibility index (Phi) is 33.5. The van der Waals surface area contributed by atoms with E-state index >= 15 is 0 Å². The molecule has 132 heavy (non-hydrogen) atoms. The van der Waals surface area contributed by atoms with Crippen molar-refractivity contribution in [2.75, 3.05) is 176 Å². The van der Waals surface area contributed by atoms with E-state index in [-0.39, 0.29) is 0 Å². The van der Waals surface area contributed by atoms with Crippen LogP contribution in [0.15, 0.2) is 255 Å². The SMILES string of the molecule is CCN(CC)c1ccc([C+](c2ccc(N(CC)CC)cc2)c2ccc(N(CC)CCC[Si]3(OC)O[Si]4(CC)O[Si](CCCN(CC)c5ccc([C+](c6ccc(N(CC)CC)cc6)c6ccc(N(CC)CC)cc6)c6ccccc56)(OC)O[Si](CCCN(CC)c5ccc([C+](c6ccc(N(CC)CC)cc6)c6ccc(N(CC)CC)cc6)c6ccccc56)(O3)O4)c3ccccc23)cc1. The van der Waals surface area contributed by atoms with E-state index in [4.69, 9.17) is 29.4 Å². The van der Waals surface area contributed by atoms with Crippen molar-refractivity contribution >= 4 is 119 Å².